The predicted molar refractivity (Wildman–Crippen MR) is 117 cm³/mol. The molecule has 1 unspecified atom stereocenters. The van der Waals surface area contributed by atoms with E-state index in [1.165, 1.54) is 0 Å². The summed E-state index contributed by atoms with van der Waals surface area (Å²) in [5.74, 6) is 3.40. The number of aliphatic hydroxyl groups is 1. The summed E-state index contributed by atoms with van der Waals surface area (Å²) < 4.78 is 11.7. The average molecular weight is 435 g/mol. The predicted octanol–water partition coefficient (Wildman–Crippen LogP) is 2.06. The summed E-state index contributed by atoms with van der Waals surface area (Å²) in [4.78, 5) is 17.9. The van der Waals surface area contributed by atoms with Gasteiger partial charge in [-0.1, -0.05) is 0 Å². The number of nitrogens with zero attached hydrogens (tertiary/aromatic N) is 8. The average Bonchev–Trinajstić information content (AvgIpc) is 3.50. The molecule has 2 N–H and O–H groups in total. The van der Waals surface area contributed by atoms with Crippen molar-refractivity contribution in [3.63, 3.8) is 0 Å². The molecule has 166 valence electrons. The molecule has 1 aliphatic heterocycles. The molecule has 32 heavy (non-hydrogen) atoms. The first kappa shape index (κ1) is 20.2. The van der Waals surface area contributed by atoms with Crippen LogP contribution in [0.4, 0.5) is 5.82 Å². The van der Waals surface area contributed by atoms with Gasteiger partial charge in [0.2, 0.25) is 0 Å². The minimum absolute atomic E-state index is 0.182. The van der Waals surface area contributed by atoms with Crippen molar-refractivity contribution in [1.82, 2.24) is 38.9 Å². The van der Waals surface area contributed by atoms with Crippen molar-refractivity contribution in [3.05, 3.63) is 43.0 Å². The van der Waals surface area contributed by atoms with Crippen molar-refractivity contribution in [2.75, 3.05) is 18.5 Å². The minimum atomic E-state index is -0.753. The topological polar surface area (TPSA) is 121 Å². The second kappa shape index (κ2) is 8.08. The Morgan fingerprint density at radius 1 is 1.22 bits per heavy atom. The molecule has 0 amide bonds. The molecule has 11 heteroatoms. The van der Waals surface area contributed by atoms with Gasteiger partial charge in [0.25, 0.3) is 0 Å². The molecule has 1 atom stereocenters. The molecule has 4 aromatic rings. The Hall–Kier alpha value is -3.73. The number of imidazole rings is 2. The first-order valence-electron chi connectivity index (χ1n) is 10.5. The summed E-state index contributed by atoms with van der Waals surface area (Å²) in [5, 5.41) is 17.9. The molecule has 5 rings (SSSR count). The number of ether oxygens (including phenoxy) is 1. The van der Waals surface area contributed by atoms with Crippen LogP contribution >= 0.6 is 0 Å². The second-order valence-corrected chi connectivity index (χ2v) is 7.97. The first-order valence-corrected chi connectivity index (χ1v) is 10.5. The van der Waals surface area contributed by atoms with Gasteiger partial charge in [-0.05, 0) is 13.8 Å². The van der Waals surface area contributed by atoms with Gasteiger partial charge in [-0.2, -0.15) is 5.10 Å². The summed E-state index contributed by atoms with van der Waals surface area (Å²) in [7, 11) is 1.85. The van der Waals surface area contributed by atoms with E-state index in [0.29, 0.717) is 30.5 Å². The van der Waals surface area contributed by atoms with Crippen LogP contribution in [0.2, 0.25) is 0 Å². The number of aryl methyl sites for hydroxylation is 1. The Balaban J connectivity index is 1.40. The van der Waals surface area contributed by atoms with E-state index in [2.05, 4.69) is 43.8 Å². The molecule has 1 aliphatic rings. The molecule has 0 aromatic carbocycles. The monoisotopic (exact) mass is 435 g/mol. The third-order valence-corrected chi connectivity index (χ3v) is 5.40. The third kappa shape index (κ3) is 3.60. The van der Waals surface area contributed by atoms with E-state index in [9.17, 15) is 5.11 Å². The summed E-state index contributed by atoms with van der Waals surface area (Å²) in [5.41, 5.74) is 1.57. The molecule has 0 radical (unpaired) electrons. The van der Waals surface area contributed by atoms with Crippen LogP contribution in [0, 0.1) is 0 Å². The fourth-order valence-electron chi connectivity index (χ4n) is 3.79. The van der Waals surface area contributed by atoms with Crippen molar-refractivity contribution < 1.29 is 9.84 Å². The maximum absolute atomic E-state index is 10.4. The van der Waals surface area contributed by atoms with Crippen LogP contribution in [0.25, 0.3) is 22.9 Å². The SMILES string of the molecule is CC(C)n1ncnc1-c1cn2c(n1)-c1cnc(NCC(O)c3nccn3C)cc1OCC2. The third-order valence-electron chi connectivity index (χ3n) is 5.40. The van der Waals surface area contributed by atoms with Crippen LogP contribution in [-0.4, -0.2) is 57.1 Å². The Labute approximate surface area is 184 Å². The molecule has 0 aliphatic carbocycles. The summed E-state index contributed by atoms with van der Waals surface area (Å²) in [6.07, 6.45) is 7.98. The molecule has 0 saturated heterocycles. The Morgan fingerprint density at radius 3 is 2.88 bits per heavy atom. The van der Waals surface area contributed by atoms with E-state index >= 15 is 0 Å². The van der Waals surface area contributed by atoms with E-state index in [4.69, 9.17) is 9.72 Å². The van der Waals surface area contributed by atoms with Crippen molar-refractivity contribution >= 4 is 5.82 Å². The number of aromatic nitrogens is 8. The smallest absolute Gasteiger partial charge is 0.178 e. The maximum atomic E-state index is 10.4. The number of anilines is 1. The molecular weight excluding hydrogens is 410 g/mol. The van der Waals surface area contributed by atoms with Gasteiger partial charge in [-0.15, -0.1) is 0 Å². The number of hydrogen-bond donors (Lipinski definition) is 2. The van der Waals surface area contributed by atoms with Gasteiger partial charge in [0.05, 0.1) is 12.1 Å². The lowest BCUT2D eigenvalue weighted by Gasteiger charge is -2.13. The first-order chi connectivity index (χ1) is 15.5. The van der Waals surface area contributed by atoms with Crippen molar-refractivity contribution in [1.29, 1.82) is 0 Å². The quantitative estimate of drug-likeness (QED) is 0.472. The van der Waals surface area contributed by atoms with Crippen LogP contribution in [0.15, 0.2) is 37.2 Å². The van der Waals surface area contributed by atoms with E-state index in [1.54, 1.807) is 29.5 Å². The number of rotatable bonds is 6. The van der Waals surface area contributed by atoms with Gasteiger partial charge < -0.3 is 24.3 Å². The highest BCUT2D eigenvalue weighted by atomic mass is 16.5. The fraction of sp³-hybridized carbons (Fsp3) is 0.381. The van der Waals surface area contributed by atoms with Gasteiger partial charge in [0.1, 0.15) is 47.9 Å². The summed E-state index contributed by atoms with van der Waals surface area (Å²) >= 11 is 0. The molecule has 5 heterocycles. The molecular formula is C21H25N9O2. The van der Waals surface area contributed by atoms with E-state index in [1.807, 2.05) is 24.0 Å². The van der Waals surface area contributed by atoms with Gasteiger partial charge in [-0.25, -0.2) is 24.6 Å². The Morgan fingerprint density at radius 2 is 2.09 bits per heavy atom. The number of aliphatic hydroxyl groups excluding tert-OH is 1. The molecule has 0 spiro atoms. The van der Waals surface area contributed by atoms with E-state index in [0.717, 1.165) is 22.9 Å². The normalized spacial score (nSPS) is 13.9. The highest BCUT2D eigenvalue weighted by Gasteiger charge is 2.22. The second-order valence-electron chi connectivity index (χ2n) is 7.97. The van der Waals surface area contributed by atoms with Gasteiger partial charge in [0, 0.05) is 50.5 Å². The number of hydrogen-bond acceptors (Lipinski definition) is 8. The number of pyridine rings is 1. The highest BCUT2D eigenvalue weighted by Crippen LogP contribution is 2.34. The van der Waals surface area contributed by atoms with Crippen LogP contribution in [-0.2, 0) is 13.6 Å². The van der Waals surface area contributed by atoms with Gasteiger partial charge in [0.15, 0.2) is 5.82 Å². The lowest BCUT2D eigenvalue weighted by atomic mass is 10.2. The van der Waals surface area contributed by atoms with Crippen molar-refractivity contribution in [3.8, 4) is 28.7 Å². The molecule has 4 aromatic heterocycles. The zero-order chi connectivity index (χ0) is 22.2. The van der Waals surface area contributed by atoms with Gasteiger partial charge in [-0.3, -0.25) is 0 Å². The number of nitrogens with one attached hydrogen (secondary N) is 1. The van der Waals surface area contributed by atoms with Crippen LogP contribution < -0.4 is 10.1 Å². The molecule has 0 fully saturated rings. The van der Waals surface area contributed by atoms with Crippen molar-refractivity contribution in [2.24, 2.45) is 7.05 Å². The molecule has 0 bridgehead atoms. The molecule has 0 saturated carbocycles. The molecule has 11 nitrogen and oxygen atoms in total. The van der Waals surface area contributed by atoms with Crippen LogP contribution in [0.1, 0.15) is 31.8 Å². The zero-order valence-electron chi connectivity index (χ0n) is 18.2. The van der Waals surface area contributed by atoms with Crippen molar-refractivity contribution in [2.45, 2.75) is 32.5 Å². The van der Waals surface area contributed by atoms with E-state index in [-0.39, 0.29) is 12.6 Å². The largest absolute Gasteiger partial charge is 0.491 e. The van der Waals surface area contributed by atoms with Gasteiger partial charge >= 0.3 is 0 Å². The maximum Gasteiger partial charge on any atom is 0.178 e. The highest BCUT2D eigenvalue weighted by molar-refractivity contribution is 5.69. The van der Waals surface area contributed by atoms with Crippen LogP contribution in [0.5, 0.6) is 5.75 Å². The summed E-state index contributed by atoms with van der Waals surface area (Å²) in [6.45, 7) is 5.57. The zero-order valence-corrected chi connectivity index (χ0v) is 18.2. The Kier molecular flexibility index (Phi) is 5.10. The van der Waals surface area contributed by atoms with Crippen LogP contribution in [0.3, 0.4) is 0 Å². The Bertz CT molecular complexity index is 1240. The lowest BCUT2D eigenvalue weighted by molar-refractivity contribution is 0.178. The fourth-order valence-corrected chi connectivity index (χ4v) is 3.79. The van der Waals surface area contributed by atoms with E-state index < -0.39 is 6.10 Å². The lowest BCUT2D eigenvalue weighted by Crippen LogP contribution is -2.16. The summed E-state index contributed by atoms with van der Waals surface area (Å²) in [6, 6.07) is 2.02. The number of fused-ring (bicyclic) bond motifs is 3. The standard InChI is InChI=1S/C21H25N9O2/c1-13(2)30-20(25-12-26-30)15-11-29-6-7-32-17-8-18(23-9-14(17)19(29)27-15)24-10-16(31)21-22-4-5-28(21)3/h4-5,8-9,11-13,16,31H,6-7,10H2,1-3H3,(H,23,24). The minimum Gasteiger partial charge on any atom is -0.491 e.